The molecule has 0 aliphatic heterocycles. The fourth-order valence-corrected chi connectivity index (χ4v) is 2.31. The average Bonchev–Trinajstić information content (AvgIpc) is 2.37. The SMILES string of the molecule is COc1cc(CC(C)(C)C)ccc1-c1ccccc1. The number of benzene rings is 2. The molecule has 0 aliphatic rings. The van der Waals surface area contributed by atoms with Gasteiger partial charge >= 0.3 is 0 Å². The van der Waals surface area contributed by atoms with Gasteiger partial charge < -0.3 is 4.74 Å². The molecule has 0 fully saturated rings. The Bertz CT molecular complexity index is 535. The summed E-state index contributed by atoms with van der Waals surface area (Å²) in [5.41, 5.74) is 3.96. The van der Waals surface area contributed by atoms with Gasteiger partial charge in [0.1, 0.15) is 5.75 Å². The lowest BCUT2D eigenvalue weighted by Crippen LogP contribution is -2.09. The molecule has 0 saturated heterocycles. The second-order valence-electron chi connectivity index (χ2n) is 6.14. The van der Waals surface area contributed by atoms with Crippen LogP contribution in [-0.2, 0) is 6.42 Å². The Labute approximate surface area is 116 Å². The van der Waals surface area contributed by atoms with Gasteiger partial charge in [0, 0.05) is 5.56 Å². The Hall–Kier alpha value is -1.76. The summed E-state index contributed by atoms with van der Waals surface area (Å²) in [5.74, 6) is 0.952. The highest BCUT2D eigenvalue weighted by Gasteiger charge is 2.13. The van der Waals surface area contributed by atoms with Crippen LogP contribution in [0.2, 0.25) is 0 Å². The van der Waals surface area contributed by atoms with Crippen LogP contribution < -0.4 is 4.74 Å². The second-order valence-corrected chi connectivity index (χ2v) is 6.14. The third kappa shape index (κ3) is 3.60. The first-order chi connectivity index (χ1) is 8.99. The molecule has 2 rings (SSSR count). The lowest BCUT2D eigenvalue weighted by Gasteiger charge is -2.19. The summed E-state index contributed by atoms with van der Waals surface area (Å²) in [6.07, 6.45) is 1.05. The van der Waals surface area contributed by atoms with Gasteiger partial charge in [0.25, 0.3) is 0 Å². The van der Waals surface area contributed by atoms with Crippen molar-refractivity contribution in [1.29, 1.82) is 0 Å². The van der Waals surface area contributed by atoms with Gasteiger partial charge in [0.15, 0.2) is 0 Å². The van der Waals surface area contributed by atoms with E-state index < -0.39 is 0 Å². The summed E-state index contributed by atoms with van der Waals surface area (Å²) in [6, 6.07) is 16.9. The zero-order valence-electron chi connectivity index (χ0n) is 12.2. The van der Waals surface area contributed by atoms with Gasteiger partial charge in [-0.2, -0.15) is 0 Å². The molecule has 0 aromatic heterocycles. The average molecular weight is 254 g/mol. The highest BCUT2D eigenvalue weighted by molar-refractivity contribution is 5.70. The standard InChI is InChI=1S/C18H22O/c1-18(2,3)13-14-10-11-16(17(12-14)19-4)15-8-6-5-7-9-15/h5-12H,13H2,1-4H3. The van der Waals surface area contributed by atoms with Gasteiger partial charge in [-0.25, -0.2) is 0 Å². The molecule has 0 unspecified atom stereocenters. The molecule has 0 N–H and O–H groups in total. The van der Waals surface area contributed by atoms with E-state index in [0.717, 1.165) is 17.7 Å². The monoisotopic (exact) mass is 254 g/mol. The molecule has 0 amide bonds. The van der Waals surface area contributed by atoms with Crippen LogP contribution in [0, 0.1) is 5.41 Å². The molecular weight excluding hydrogens is 232 g/mol. The smallest absolute Gasteiger partial charge is 0.126 e. The Balaban J connectivity index is 2.37. The van der Waals surface area contributed by atoms with Crippen molar-refractivity contribution in [3.05, 3.63) is 54.1 Å². The van der Waals surface area contributed by atoms with Crippen molar-refractivity contribution in [3.63, 3.8) is 0 Å². The van der Waals surface area contributed by atoms with E-state index >= 15 is 0 Å². The van der Waals surface area contributed by atoms with Crippen LogP contribution in [0.3, 0.4) is 0 Å². The van der Waals surface area contributed by atoms with E-state index in [1.165, 1.54) is 11.1 Å². The maximum atomic E-state index is 5.55. The largest absolute Gasteiger partial charge is 0.496 e. The summed E-state index contributed by atoms with van der Waals surface area (Å²) in [7, 11) is 1.74. The van der Waals surface area contributed by atoms with Gasteiger partial charge in [0.2, 0.25) is 0 Å². The van der Waals surface area contributed by atoms with Crippen molar-refractivity contribution in [3.8, 4) is 16.9 Å². The zero-order valence-corrected chi connectivity index (χ0v) is 12.2. The Morgan fingerprint density at radius 1 is 0.947 bits per heavy atom. The first kappa shape index (κ1) is 13.7. The first-order valence-corrected chi connectivity index (χ1v) is 6.72. The van der Waals surface area contributed by atoms with E-state index in [1.807, 2.05) is 6.07 Å². The number of methoxy groups -OCH3 is 1. The van der Waals surface area contributed by atoms with Crippen LogP contribution in [0.15, 0.2) is 48.5 Å². The minimum atomic E-state index is 0.291. The molecule has 0 bridgehead atoms. The van der Waals surface area contributed by atoms with Crippen molar-refractivity contribution in [2.45, 2.75) is 27.2 Å². The van der Waals surface area contributed by atoms with Gasteiger partial charge in [-0.15, -0.1) is 0 Å². The Morgan fingerprint density at radius 2 is 1.63 bits per heavy atom. The molecule has 1 nitrogen and oxygen atoms in total. The van der Waals surface area contributed by atoms with Crippen LogP contribution in [-0.4, -0.2) is 7.11 Å². The third-order valence-corrected chi connectivity index (χ3v) is 3.09. The predicted octanol–water partition coefficient (Wildman–Crippen LogP) is 4.95. The minimum Gasteiger partial charge on any atom is -0.496 e. The molecule has 0 radical (unpaired) electrons. The molecule has 0 saturated carbocycles. The van der Waals surface area contributed by atoms with Crippen LogP contribution in [0.4, 0.5) is 0 Å². The molecule has 0 atom stereocenters. The summed E-state index contributed by atoms with van der Waals surface area (Å²) >= 11 is 0. The fourth-order valence-electron chi connectivity index (χ4n) is 2.31. The summed E-state index contributed by atoms with van der Waals surface area (Å²) in [4.78, 5) is 0. The van der Waals surface area contributed by atoms with Gasteiger partial charge in [-0.1, -0.05) is 63.2 Å². The van der Waals surface area contributed by atoms with E-state index in [9.17, 15) is 0 Å². The lowest BCUT2D eigenvalue weighted by atomic mass is 9.87. The molecule has 2 aromatic carbocycles. The Morgan fingerprint density at radius 3 is 2.21 bits per heavy atom. The normalized spacial score (nSPS) is 11.4. The number of ether oxygens (including phenoxy) is 1. The van der Waals surface area contributed by atoms with Crippen LogP contribution in [0.1, 0.15) is 26.3 Å². The first-order valence-electron chi connectivity index (χ1n) is 6.72. The highest BCUT2D eigenvalue weighted by atomic mass is 16.5. The van der Waals surface area contributed by atoms with Crippen molar-refractivity contribution in [2.24, 2.45) is 5.41 Å². The number of rotatable bonds is 3. The highest BCUT2D eigenvalue weighted by Crippen LogP contribution is 2.32. The van der Waals surface area contributed by atoms with E-state index in [1.54, 1.807) is 7.11 Å². The van der Waals surface area contributed by atoms with E-state index in [-0.39, 0.29) is 0 Å². The quantitative estimate of drug-likeness (QED) is 0.753. The molecule has 1 heteroatoms. The maximum Gasteiger partial charge on any atom is 0.126 e. The summed E-state index contributed by atoms with van der Waals surface area (Å²) < 4.78 is 5.55. The van der Waals surface area contributed by atoms with Gasteiger partial charge in [-0.3, -0.25) is 0 Å². The zero-order chi connectivity index (χ0) is 13.9. The summed E-state index contributed by atoms with van der Waals surface area (Å²) in [5, 5.41) is 0. The Kier molecular flexibility index (Phi) is 3.94. The lowest BCUT2D eigenvalue weighted by molar-refractivity contribution is 0.402. The molecular formula is C18H22O. The van der Waals surface area contributed by atoms with Crippen molar-refractivity contribution in [1.82, 2.24) is 0 Å². The maximum absolute atomic E-state index is 5.55. The minimum absolute atomic E-state index is 0.291. The summed E-state index contributed by atoms with van der Waals surface area (Å²) in [6.45, 7) is 6.76. The van der Waals surface area contributed by atoms with Gasteiger partial charge in [-0.05, 0) is 29.0 Å². The van der Waals surface area contributed by atoms with Crippen LogP contribution >= 0.6 is 0 Å². The molecule has 0 spiro atoms. The van der Waals surface area contributed by atoms with Crippen LogP contribution in [0.5, 0.6) is 5.75 Å². The predicted molar refractivity (Wildman–Crippen MR) is 81.6 cm³/mol. The van der Waals surface area contributed by atoms with Crippen molar-refractivity contribution >= 4 is 0 Å². The van der Waals surface area contributed by atoms with E-state index in [2.05, 4.69) is 63.2 Å². The molecule has 0 aliphatic carbocycles. The number of hydrogen-bond donors (Lipinski definition) is 0. The van der Waals surface area contributed by atoms with Crippen molar-refractivity contribution < 1.29 is 4.74 Å². The van der Waals surface area contributed by atoms with Gasteiger partial charge in [0.05, 0.1) is 7.11 Å². The second kappa shape index (κ2) is 5.48. The van der Waals surface area contributed by atoms with E-state index in [0.29, 0.717) is 5.41 Å². The molecule has 2 aromatic rings. The topological polar surface area (TPSA) is 9.23 Å². The van der Waals surface area contributed by atoms with Crippen LogP contribution in [0.25, 0.3) is 11.1 Å². The molecule has 100 valence electrons. The third-order valence-electron chi connectivity index (χ3n) is 3.09. The van der Waals surface area contributed by atoms with E-state index in [4.69, 9.17) is 4.74 Å². The molecule has 0 heterocycles. The number of hydrogen-bond acceptors (Lipinski definition) is 1. The molecule has 19 heavy (non-hydrogen) atoms. The fraction of sp³-hybridized carbons (Fsp3) is 0.333. The van der Waals surface area contributed by atoms with Crippen molar-refractivity contribution in [2.75, 3.05) is 7.11 Å².